The number of aryl methyl sites for hydroxylation is 1. The molecule has 0 amide bonds. The fraction of sp³-hybridized carbons (Fsp3) is 0.333. The second-order valence-corrected chi connectivity index (χ2v) is 5.10. The average molecular weight is 272 g/mol. The molecule has 2 heterocycles. The van der Waals surface area contributed by atoms with Crippen molar-refractivity contribution in [3.8, 4) is 11.3 Å². The Hall–Kier alpha value is -2.30. The van der Waals surface area contributed by atoms with Gasteiger partial charge >= 0.3 is 5.97 Å². The van der Waals surface area contributed by atoms with E-state index in [-0.39, 0.29) is 5.69 Å². The third-order valence-electron chi connectivity index (χ3n) is 3.59. The van der Waals surface area contributed by atoms with E-state index in [1.807, 2.05) is 13.0 Å². The van der Waals surface area contributed by atoms with Crippen LogP contribution in [0.15, 0.2) is 28.8 Å². The molecule has 1 saturated heterocycles. The van der Waals surface area contributed by atoms with Crippen molar-refractivity contribution >= 4 is 11.7 Å². The van der Waals surface area contributed by atoms with Crippen molar-refractivity contribution in [3.63, 3.8) is 0 Å². The summed E-state index contributed by atoms with van der Waals surface area (Å²) in [5.41, 5.74) is 3.04. The Balaban J connectivity index is 2.05. The fourth-order valence-electron chi connectivity index (χ4n) is 2.58. The number of carboxylic acid groups (broad SMARTS) is 1. The molecule has 0 atom stereocenters. The number of carbonyl (C=O) groups is 1. The van der Waals surface area contributed by atoms with Gasteiger partial charge in [0.25, 0.3) is 0 Å². The van der Waals surface area contributed by atoms with Gasteiger partial charge in [-0.15, -0.1) is 0 Å². The minimum Gasteiger partial charge on any atom is -0.476 e. The molecule has 1 aliphatic rings. The molecule has 5 heteroatoms. The monoisotopic (exact) mass is 272 g/mol. The van der Waals surface area contributed by atoms with Gasteiger partial charge in [-0.3, -0.25) is 0 Å². The largest absolute Gasteiger partial charge is 0.476 e. The van der Waals surface area contributed by atoms with Crippen LogP contribution in [0.25, 0.3) is 11.3 Å². The summed E-state index contributed by atoms with van der Waals surface area (Å²) in [5.74, 6) is -0.566. The first-order valence-corrected chi connectivity index (χ1v) is 6.71. The van der Waals surface area contributed by atoms with Gasteiger partial charge in [0.05, 0.1) is 0 Å². The Morgan fingerprint density at radius 3 is 2.70 bits per heavy atom. The predicted octanol–water partition coefficient (Wildman–Crippen LogP) is 2.95. The maximum absolute atomic E-state index is 10.9. The van der Waals surface area contributed by atoms with E-state index in [1.165, 1.54) is 18.9 Å². The lowest BCUT2D eigenvalue weighted by atomic mass is 10.1. The molecule has 0 radical (unpaired) electrons. The average Bonchev–Trinajstić information content (AvgIpc) is 3.10. The minimum absolute atomic E-state index is 0.0612. The molecule has 0 bridgehead atoms. The maximum atomic E-state index is 10.9. The summed E-state index contributed by atoms with van der Waals surface area (Å²) in [6.45, 7) is 4.05. The number of benzene rings is 1. The zero-order chi connectivity index (χ0) is 14.1. The van der Waals surface area contributed by atoms with Crippen LogP contribution in [0.2, 0.25) is 0 Å². The molecule has 1 aromatic heterocycles. The first-order valence-electron chi connectivity index (χ1n) is 6.71. The number of carboxylic acids is 1. The molecule has 0 spiro atoms. The highest BCUT2D eigenvalue weighted by Crippen LogP contribution is 2.34. The van der Waals surface area contributed by atoms with Crippen LogP contribution < -0.4 is 4.90 Å². The van der Waals surface area contributed by atoms with Crippen LogP contribution in [0.4, 0.5) is 5.69 Å². The lowest BCUT2D eigenvalue weighted by Crippen LogP contribution is -2.18. The van der Waals surface area contributed by atoms with Crippen molar-refractivity contribution in [2.45, 2.75) is 19.8 Å². The first-order chi connectivity index (χ1) is 9.65. The molecule has 1 fully saturated rings. The van der Waals surface area contributed by atoms with Crippen LogP contribution in [-0.4, -0.2) is 29.3 Å². The van der Waals surface area contributed by atoms with Crippen molar-refractivity contribution in [1.82, 2.24) is 5.16 Å². The number of nitrogens with zero attached hydrogens (tertiary/aromatic N) is 2. The van der Waals surface area contributed by atoms with Crippen molar-refractivity contribution in [2.24, 2.45) is 0 Å². The molecule has 3 rings (SSSR count). The third kappa shape index (κ3) is 2.27. The van der Waals surface area contributed by atoms with Gasteiger partial charge in [-0.05, 0) is 31.9 Å². The van der Waals surface area contributed by atoms with Gasteiger partial charge in [-0.2, -0.15) is 0 Å². The zero-order valence-corrected chi connectivity index (χ0v) is 11.3. The molecular formula is C15H16N2O3. The zero-order valence-electron chi connectivity index (χ0n) is 11.3. The summed E-state index contributed by atoms with van der Waals surface area (Å²) in [5, 5.41) is 12.5. The molecule has 1 aromatic carbocycles. The Morgan fingerprint density at radius 1 is 1.30 bits per heavy atom. The number of rotatable bonds is 3. The van der Waals surface area contributed by atoms with Crippen LogP contribution in [0.1, 0.15) is 28.9 Å². The standard InChI is InChI=1S/C15H16N2O3/c1-10-4-5-13(17-6-2-3-7-17)11(8-10)14-9-12(15(18)19)16-20-14/h4-5,8-9H,2-3,6-7H2,1H3,(H,18,19). The van der Waals surface area contributed by atoms with E-state index in [0.29, 0.717) is 5.76 Å². The molecular weight excluding hydrogens is 256 g/mol. The lowest BCUT2D eigenvalue weighted by molar-refractivity contribution is 0.0686. The van der Waals surface area contributed by atoms with Crippen molar-refractivity contribution in [1.29, 1.82) is 0 Å². The molecule has 1 aliphatic heterocycles. The quantitative estimate of drug-likeness (QED) is 0.930. The van der Waals surface area contributed by atoms with E-state index >= 15 is 0 Å². The molecule has 2 aromatic rings. The topological polar surface area (TPSA) is 66.6 Å². The Bertz CT molecular complexity index is 642. The second-order valence-electron chi connectivity index (χ2n) is 5.10. The number of hydrogen-bond acceptors (Lipinski definition) is 4. The number of anilines is 1. The summed E-state index contributed by atoms with van der Waals surface area (Å²) in [4.78, 5) is 13.2. The van der Waals surface area contributed by atoms with Crippen LogP contribution in [0, 0.1) is 6.92 Å². The number of hydrogen-bond donors (Lipinski definition) is 1. The van der Waals surface area contributed by atoms with Crippen LogP contribution in [0.3, 0.4) is 0 Å². The number of aromatic nitrogens is 1. The first kappa shape index (κ1) is 12.7. The molecule has 0 unspecified atom stereocenters. The summed E-state index contributed by atoms with van der Waals surface area (Å²) >= 11 is 0. The summed E-state index contributed by atoms with van der Waals surface area (Å²) in [6, 6.07) is 7.63. The van der Waals surface area contributed by atoms with Gasteiger partial charge in [0, 0.05) is 30.4 Å². The highest BCUT2D eigenvalue weighted by molar-refractivity contribution is 5.87. The highest BCUT2D eigenvalue weighted by atomic mass is 16.5. The smallest absolute Gasteiger partial charge is 0.358 e. The van der Waals surface area contributed by atoms with Gasteiger partial charge in [-0.25, -0.2) is 4.79 Å². The highest BCUT2D eigenvalue weighted by Gasteiger charge is 2.20. The van der Waals surface area contributed by atoms with E-state index in [1.54, 1.807) is 0 Å². The Labute approximate surface area is 116 Å². The van der Waals surface area contributed by atoms with Crippen molar-refractivity contribution in [3.05, 3.63) is 35.5 Å². The van der Waals surface area contributed by atoms with Gasteiger partial charge in [0.2, 0.25) is 0 Å². The van der Waals surface area contributed by atoms with Crippen LogP contribution in [-0.2, 0) is 0 Å². The predicted molar refractivity (Wildman–Crippen MR) is 75.1 cm³/mol. The third-order valence-corrected chi connectivity index (χ3v) is 3.59. The Morgan fingerprint density at radius 2 is 2.05 bits per heavy atom. The second kappa shape index (κ2) is 5.00. The summed E-state index contributed by atoms with van der Waals surface area (Å²) < 4.78 is 5.21. The SMILES string of the molecule is Cc1ccc(N2CCCC2)c(-c2cc(C(=O)O)no2)c1. The van der Waals surface area contributed by atoms with Gasteiger partial charge < -0.3 is 14.5 Å². The molecule has 1 N–H and O–H groups in total. The van der Waals surface area contributed by atoms with Gasteiger partial charge in [0.15, 0.2) is 11.5 Å². The van der Waals surface area contributed by atoms with E-state index in [4.69, 9.17) is 9.63 Å². The minimum atomic E-state index is -1.07. The van der Waals surface area contributed by atoms with Gasteiger partial charge in [-0.1, -0.05) is 16.8 Å². The van der Waals surface area contributed by atoms with E-state index in [2.05, 4.69) is 22.2 Å². The van der Waals surface area contributed by atoms with E-state index in [0.717, 1.165) is 29.9 Å². The summed E-state index contributed by atoms with van der Waals surface area (Å²) in [6.07, 6.45) is 2.37. The molecule has 5 nitrogen and oxygen atoms in total. The van der Waals surface area contributed by atoms with E-state index in [9.17, 15) is 4.79 Å². The lowest BCUT2D eigenvalue weighted by Gasteiger charge is -2.20. The number of aromatic carboxylic acids is 1. The van der Waals surface area contributed by atoms with Crippen molar-refractivity contribution in [2.75, 3.05) is 18.0 Å². The van der Waals surface area contributed by atoms with Crippen molar-refractivity contribution < 1.29 is 14.4 Å². The normalized spacial score (nSPS) is 14.8. The Kier molecular flexibility index (Phi) is 3.18. The van der Waals surface area contributed by atoms with Crippen LogP contribution in [0.5, 0.6) is 0 Å². The van der Waals surface area contributed by atoms with E-state index < -0.39 is 5.97 Å². The molecule has 0 aliphatic carbocycles. The molecule has 20 heavy (non-hydrogen) atoms. The molecule has 104 valence electrons. The van der Waals surface area contributed by atoms with Crippen LogP contribution >= 0.6 is 0 Å². The summed E-state index contributed by atoms with van der Waals surface area (Å²) in [7, 11) is 0. The molecule has 0 saturated carbocycles. The van der Waals surface area contributed by atoms with Gasteiger partial charge in [0.1, 0.15) is 0 Å². The maximum Gasteiger partial charge on any atom is 0.358 e. The fourth-order valence-corrected chi connectivity index (χ4v) is 2.58.